The van der Waals surface area contributed by atoms with E-state index in [9.17, 15) is 5.11 Å². The van der Waals surface area contributed by atoms with Gasteiger partial charge in [0.1, 0.15) is 5.75 Å². The first kappa shape index (κ1) is 11.8. The minimum Gasteiger partial charge on any atom is -0.495 e. The zero-order valence-corrected chi connectivity index (χ0v) is 10.8. The van der Waals surface area contributed by atoms with E-state index in [0.717, 1.165) is 17.9 Å². The minimum absolute atomic E-state index is 0.387. The van der Waals surface area contributed by atoms with Gasteiger partial charge in [-0.1, -0.05) is 18.6 Å². The third kappa shape index (κ3) is 1.77. The lowest BCUT2D eigenvalue weighted by molar-refractivity contribution is 0.0749. The van der Waals surface area contributed by atoms with Crippen molar-refractivity contribution in [3.63, 3.8) is 0 Å². The van der Waals surface area contributed by atoms with Crippen molar-refractivity contribution < 1.29 is 9.84 Å². The van der Waals surface area contributed by atoms with E-state index >= 15 is 0 Å². The molecule has 0 amide bonds. The van der Waals surface area contributed by atoms with Crippen LogP contribution < -0.4 is 10.5 Å². The number of aliphatic hydroxyl groups is 1. The molecule has 3 nitrogen and oxygen atoms in total. The van der Waals surface area contributed by atoms with Gasteiger partial charge in [-0.2, -0.15) is 0 Å². The van der Waals surface area contributed by atoms with Crippen molar-refractivity contribution >= 4 is 5.69 Å². The van der Waals surface area contributed by atoms with Crippen LogP contribution in [0.1, 0.15) is 37.4 Å². The van der Waals surface area contributed by atoms with E-state index in [1.54, 1.807) is 7.11 Å². The first-order chi connectivity index (χ1) is 8.70. The molecule has 2 bridgehead atoms. The molecule has 0 aromatic heterocycles. The summed E-state index contributed by atoms with van der Waals surface area (Å²) in [5.41, 5.74) is 7.51. The second-order valence-corrected chi connectivity index (χ2v) is 5.75. The number of para-hydroxylation sites is 1. The summed E-state index contributed by atoms with van der Waals surface area (Å²) < 4.78 is 5.22. The Labute approximate surface area is 108 Å². The molecule has 4 unspecified atom stereocenters. The Morgan fingerprint density at radius 2 is 2.17 bits per heavy atom. The zero-order chi connectivity index (χ0) is 12.7. The molecule has 3 rings (SSSR count). The van der Waals surface area contributed by atoms with Crippen LogP contribution in [0.3, 0.4) is 0 Å². The molecule has 2 saturated carbocycles. The third-order valence-corrected chi connectivity index (χ3v) is 4.84. The van der Waals surface area contributed by atoms with Crippen LogP contribution in [0, 0.1) is 17.8 Å². The molecule has 0 radical (unpaired) electrons. The number of hydrogen-bond donors (Lipinski definition) is 2. The van der Waals surface area contributed by atoms with Gasteiger partial charge in [0, 0.05) is 5.56 Å². The van der Waals surface area contributed by atoms with Gasteiger partial charge in [0.25, 0.3) is 0 Å². The molecule has 0 aliphatic heterocycles. The van der Waals surface area contributed by atoms with Crippen LogP contribution in [0.4, 0.5) is 5.69 Å². The molecular weight excluding hydrogens is 226 g/mol. The van der Waals surface area contributed by atoms with Crippen LogP contribution in [-0.2, 0) is 0 Å². The summed E-state index contributed by atoms with van der Waals surface area (Å²) in [5.74, 6) is 2.57. The molecule has 18 heavy (non-hydrogen) atoms. The number of rotatable bonds is 3. The SMILES string of the molecule is COc1cccc(C(O)C2CC3CCC2C3)c1N. The van der Waals surface area contributed by atoms with Crippen LogP contribution in [0.25, 0.3) is 0 Å². The van der Waals surface area contributed by atoms with Crippen molar-refractivity contribution in [3.05, 3.63) is 23.8 Å². The van der Waals surface area contributed by atoms with Crippen LogP contribution in [0.2, 0.25) is 0 Å². The molecule has 1 aromatic carbocycles. The van der Waals surface area contributed by atoms with Gasteiger partial charge in [-0.15, -0.1) is 0 Å². The van der Waals surface area contributed by atoms with E-state index in [-0.39, 0.29) is 0 Å². The van der Waals surface area contributed by atoms with Crippen molar-refractivity contribution in [2.45, 2.75) is 31.8 Å². The van der Waals surface area contributed by atoms with Crippen molar-refractivity contribution in [3.8, 4) is 5.75 Å². The van der Waals surface area contributed by atoms with Gasteiger partial charge in [0.2, 0.25) is 0 Å². The smallest absolute Gasteiger partial charge is 0.142 e. The largest absolute Gasteiger partial charge is 0.495 e. The van der Waals surface area contributed by atoms with E-state index in [4.69, 9.17) is 10.5 Å². The zero-order valence-electron chi connectivity index (χ0n) is 10.8. The Bertz CT molecular complexity index is 446. The summed E-state index contributed by atoms with van der Waals surface area (Å²) in [6.45, 7) is 0. The lowest BCUT2D eigenvalue weighted by Gasteiger charge is -2.28. The molecular formula is C15H21NO2. The lowest BCUT2D eigenvalue weighted by Crippen LogP contribution is -2.20. The molecule has 3 heteroatoms. The quantitative estimate of drug-likeness (QED) is 0.807. The molecule has 98 valence electrons. The predicted octanol–water partition coefficient (Wildman–Crippen LogP) is 2.75. The summed E-state index contributed by atoms with van der Waals surface area (Å²) in [7, 11) is 1.61. The topological polar surface area (TPSA) is 55.5 Å². The number of nitrogen functional groups attached to an aromatic ring is 1. The molecule has 4 atom stereocenters. The Hall–Kier alpha value is -1.22. The van der Waals surface area contributed by atoms with Crippen molar-refractivity contribution in [1.29, 1.82) is 0 Å². The summed E-state index contributed by atoms with van der Waals surface area (Å²) in [6, 6.07) is 5.67. The molecule has 0 heterocycles. The molecule has 0 saturated heterocycles. The summed E-state index contributed by atoms with van der Waals surface area (Å²) in [5, 5.41) is 10.6. The van der Waals surface area contributed by atoms with E-state index in [1.165, 1.54) is 19.3 Å². The van der Waals surface area contributed by atoms with Gasteiger partial charge in [-0.05, 0) is 43.1 Å². The van der Waals surface area contributed by atoms with E-state index < -0.39 is 6.10 Å². The molecule has 2 aliphatic carbocycles. The lowest BCUT2D eigenvalue weighted by atomic mass is 9.81. The van der Waals surface area contributed by atoms with Gasteiger partial charge < -0.3 is 15.6 Å². The first-order valence-electron chi connectivity index (χ1n) is 6.81. The van der Waals surface area contributed by atoms with Gasteiger partial charge >= 0.3 is 0 Å². The maximum Gasteiger partial charge on any atom is 0.142 e. The molecule has 0 spiro atoms. The fourth-order valence-corrected chi connectivity index (χ4v) is 3.91. The molecule has 2 aliphatic rings. The minimum atomic E-state index is -0.435. The number of benzene rings is 1. The number of nitrogens with two attached hydrogens (primary N) is 1. The monoisotopic (exact) mass is 247 g/mol. The fraction of sp³-hybridized carbons (Fsp3) is 0.600. The Kier molecular flexibility index (Phi) is 2.94. The highest BCUT2D eigenvalue weighted by Gasteiger charge is 2.43. The van der Waals surface area contributed by atoms with Gasteiger partial charge in [-0.25, -0.2) is 0 Å². The highest BCUT2D eigenvalue weighted by molar-refractivity contribution is 5.59. The van der Waals surface area contributed by atoms with E-state index in [1.807, 2.05) is 18.2 Å². The molecule has 1 aromatic rings. The number of aliphatic hydroxyl groups excluding tert-OH is 1. The summed E-state index contributed by atoms with van der Waals surface area (Å²) in [4.78, 5) is 0. The summed E-state index contributed by atoms with van der Waals surface area (Å²) in [6.07, 6.45) is 4.64. The third-order valence-electron chi connectivity index (χ3n) is 4.84. The maximum atomic E-state index is 10.6. The van der Waals surface area contributed by atoms with E-state index in [0.29, 0.717) is 23.3 Å². The van der Waals surface area contributed by atoms with Crippen LogP contribution in [-0.4, -0.2) is 12.2 Å². The highest BCUT2D eigenvalue weighted by Crippen LogP contribution is 2.53. The van der Waals surface area contributed by atoms with Crippen molar-refractivity contribution in [2.75, 3.05) is 12.8 Å². The second-order valence-electron chi connectivity index (χ2n) is 5.75. The van der Waals surface area contributed by atoms with Crippen molar-refractivity contribution in [2.24, 2.45) is 17.8 Å². The predicted molar refractivity (Wildman–Crippen MR) is 71.3 cm³/mol. The standard InChI is InChI=1S/C15H21NO2/c1-18-13-4-2-3-11(14(13)16)15(17)12-8-9-5-6-10(12)7-9/h2-4,9-10,12,15,17H,5-8,16H2,1H3. The van der Waals surface area contributed by atoms with E-state index in [2.05, 4.69) is 0 Å². The normalized spacial score (nSPS) is 31.6. The Morgan fingerprint density at radius 1 is 1.33 bits per heavy atom. The number of ether oxygens (including phenoxy) is 1. The molecule has 2 fully saturated rings. The average molecular weight is 247 g/mol. The van der Waals surface area contributed by atoms with Gasteiger partial charge in [0.05, 0.1) is 18.9 Å². The Morgan fingerprint density at radius 3 is 2.78 bits per heavy atom. The first-order valence-corrected chi connectivity index (χ1v) is 6.81. The number of fused-ring (bicyclic) bond motifs is 2. The van der Waals surface area contributed by atoms with Gasteiger partial charge in [-0.3, -0.25) is 0 Å². The van der Waals surface area contributed by atoms with Crippen LogP contribution in [0.15, 0.2) is 18.2 Å². The second kappa shape index (κ2) is 4.47. The summed E-state index contributed by atoms with van der Waals surface area (Å²) >= 11 is 0. The highest BCUT2D eigenvalue weighted by atomic mass is 16.5. The maximum absolute atomic E-state index is 10.6. The number of hydrogen-bond acceptors (Lipinski definition) is 3. The Balaban J connectivity index is 1.86. The average Bonchev–Trinajstić information content (AvgIpc) is 3.00. The fourth-order valence-electron chi connectivity index (χ4n) is 3.91. The van der Waals surface area contributed by atoms with Gasteiger partial charge in [0.15, 0.2) is 0 Å². The number of anilines is 1. The van der Waals surface area contributed by atoms with Crippen LogP contribution in [0.5, 0.6) is 5.75 Å². The van der Waals surface area contributed by atoms with Crippen molar-refractivity contribution in [1.82, 2.24) is 0 Å². The molecule has 3 N–H and O–H groups in total. The van der Waals surface area contributed by atoms with Crippen LogP contribution >= 0.6 is 0 Å². The number of methoxy groups -OCH3 is 1.